The monoisotopic (exact) mass is 533 g/mol. The van der Waals surface area contributed by atoms with Crippen LogP contribution in [0.25, 0.3) is 0 Å². The third-order valence-electron chi connectivity index (χ3n) is 4.97. The van der Waals surface area contributed by atoms with E-state index in [9.17, 15) is 8.42 Å². The average molecular weight is 534 g/mol. The van der Waals surface area contributed by atoms with E-state index < -0.39 is 15.6 Å². The zero-order valence-corrected chi connectivity index (χ0v) is 21.4. The number of hydrogen-bond acceptors (Lipinski definition) is 5. The molecular weight excluding hydrogens is 493 g/mol. The Bertz CT molecular complexity index is 562. The molecule has 0 aliphatic carbocycles. The molecule has 0 aromatic rings. The summed E-state index contributed by atoms with van der Waals surface area (Å²) in [7, 11) is -1.53. The van der Waals surface area contributed by atoms with Crippen molar-refractivity contribution in [2.75, 3.05) is 52.7 Å². The topological polar surface area (TPSA) is 95.1 Å². The maximum absolute atomic E-state index is 11.5. The van der Waals surface area contributed by atoms with Gasteiger partial charge in [0.2, 0.25) is 10.0 Å². The van der Waals surface area contributed by atoms with Crippen LogP contribution in [0.1, 0.15) is 40.5 Å². The molecule has 0 aromatic carbocycles. The molecule has 0 radical (unpaired) electrons. The van der Waals surface area contributed by atoms with Crippen molar-refractivity contribution in [3.8, 4) is 0 Å². The number of sulfonamides is 1. The van der Waals surface area contributed by atoms with Crippen LogP contribution < -0.4 is 15.4 Å². The minimum atomic E-state index is -3.26. The van der Waals surface area contributed by atoms with Crippen LogP contribution >= 0.6 is 24.0 Å². The van der Waals surface area contributed by atoms with Crippen LogP contribution in [0.4, 0.5) is 0 Å². The molecule has 0 aromatic heterocycles. The van der Waals surface area contributed by atoms with E-state index in [0.717, 1.165) is 45.7 Å². The molecule has 168 valence electrons. The highest BCUT2D eigenvalue weighted by Gasteiger charge is 2.27. The lowest BCUT2D eigenvalue weighted by atomic mass is 9.92. The van der Waals surface area contributed by atoms with E-state index in [1.165, 1.54) is 6.26 Å². The lowest BCUT2D eigenvalue weighted by molar-refractivity contribution is 0.00272. The Morgan fingerprint density at radius 1 is 1.18 bits per heavy atom. The summed E-state index contributed by atoms with van der Waals surface area (Å²) in [6.45, 7) is 12.9. The summed E-state index contributed by atoms with van der Waals surface area (Å²) < 4.78 is 31.1. The second kappa shape index (κ2) is 13.2. The largest absolute Gasteiger partial charge is 0.379 e. The van der Waals surface area contributed by atoms with Gasteiger partial charge in [-0.05, 0) is 19.8 Å². The van der Waals surface area contributed by atoms with Crippen molar-refractivity contribution in [1.82, 2.24) is 20.3 Å². The van der Waals surface area contributed by atoms with Crippen LogP contribution in [-0.4, -0.2) is 83.6 Å². The van der Waals surface area contributed by atoms with E-state index in [1.807, 2.05) is 13.8 Å². The molecule has 1 atom stereocenters. The number of nitrogens with zero attached hydrogens (tertiary/aromatic N) is 2. The smallest absolute Gasteiger partial charge is 0.209 e. The van der Waals surface area contributed by atoms with Gasteiger partial charge < -0.3 is 15.4 Å². The predicted octanol–water partition coefficient (Wildman–Crippen LogP) is 1.23. The zero-order chi connectivity index (χ0) is 20.5. The Kier molecular flexibility index (Phi) is 13.1. The Morgan fingerprint density at radius 2 is 1.75 bits per heavy atom. The minimum Gasteiger partial charge on any atom is -0.379 e. The van der Waals surface area contributed by atoms with Crippen LogP contribution in [0.2, 0.25) is 0 Å². The third-order valence-corrected chi connectivity index (χ3v) is 5.89. The molecule has 0 spiro atoms. The minimum absolute atomic E-state index is 0. The third kappa shape index (κ3) is 10.6. The first kappa shape index (κ1) is 27.8. The quantitative estimate of drug-likeness (QED) is 0.222. The predicted molar refractivity (Wildman–Crippen MR) is 127 cm³/mol. The first-order valence-electron chi connectivity index (χ1n) is 9.87. The molecule has 8 nitrogen and oxygen atoms in total. The summed E-state index contributed by atoms with van der Waals surface area (Å²) >= 11 is 0. The molecule has 0 saturated carbocycles. The fourth-order valence-electron chi connectivity index (χ4n) is 3.60. The molecule has 1 aliphatic heterocycles. The molecule has 1 fully saturated rings. The Hall–Kier alpha value is -0.170. The molecular formula is C18H40IN5O3S. The second-order valence-corrected chi connectivity index (χ2v) is 9.61. The number of aliphatic imine (C=N–C) groups is 1. The van der Waals surface area contributed by atoms with Crippen molar-refractivity contribution in [3.63, 3.8) is 0 Å². The van der Waals surface area contributed by atoms with Crippen LogP contribution in [0.5, 0.6) is 0 Å². The van der Waals surface area contributed by atoms with Crippen molar-refractivity contribution in [3.05, 3.63) is 0 Å². The highest BCUT2D eigenvalue weighted by Crippen LogP contribution is 2.19. The molecule has 1 rings (SSSR count). The second-order valence-electron chi connectivity index (χ2n) is 7.86. The average Bonchev–Trinajstić information content (AvgIpc) is 2.59. The van der Waals surface area contributed by atoms with Crippen molar-refractivity contribution in [2.45, 2.75) is 52.1 Å². The SMILES string of the molecule is CCC(CC)C(CNC(=NC)NCC(C)(C)NS(C)(=O)=O)N1CCOCC1.I. The van der Waals surface area contributed by atoms with Crippen molar-refractivity contribution in [1.29, 1.82) is 0 Å². The van der Waals surface area contributed by atoms with E-state index in [-0.39, 0.29) is 24.0 Å². The van der Waals surface area contributed by atoms with Gasteiger partial charge in [-0.15, -0.1) is 24.0 Å². The van der Waals surface area contributed by atoms with E-state index in [2.05, 4.69) is 39.1 Å². The van der Waals surface area contributed by atoms with Crippen molar-refractivity contribution >= 4 is 40.0 Å². The molecule has 0 amide bonds. The fourth-order valence-corrected chi connectivity index (χ4v) is 4.68. The molecule has 1 aliphatic rings. The van der Waals surface area contributed by atoms with Gasteiger partial charge in [0, 0.05) is 44.8 Å². The summed E-state index contributed by atoms with van der Waals surface area (Å²) in [6, 6.07) is 0.421. The van der Waals surface area contributed by atoms with E-state index in [0.29, 0.717) is 24.5 Å². The number of hydrogen-bond donors (Lipinski definition) is 3. The van der Waals surface area contributed by atoms with Gasteiger partial charge in [0.05, 0.1) is 19.5 Å². The standard InChI is InChI=1S/C18H39N5O3S.HI/c1-7-15(8-2)16(23-9-11-26-12-10-23)13-20-17(19-5)21-14-18(3,4)22-27(6,24)25;/h15-16,22H,7-14H2,1-6H3,(H2,19,20,21);1H. The zero-order valence-electron chi connectivity index (χ0n) is 18.2. The Morgan fingerprint density at radius 3 is 2.21 bits per heavy atom. The van der Waals surface area contributed by atoms with Gasteiger partial charge >= 0.3 is 0 Å². The van der Waals surface area contributed by atoms with E-state index in [1.54, 1.807) is 7.05 Å². The van der Waals surface area contributed by atoms with Gasteiger partial charge in [-0.3, -0.25) is 9.89 Å². The number of ether oxygens (including phenoxy) is 1. The number of guanidine groups is 1. The molecule has 1 unspecified atom stereocenters. The number of morpholine rings is 1. The lowest BCUT2D eigenvalue weighted by Gasteiger charge is -2.39. The Balaban J connectivity index is 0.00000729. The van der Waals surface area contributed by atoms with Crippen LogP contribution in [0, 0.1) is 5.92 Å². The number of rotatable bonds is 10. The maximum atomic E-state index is 11.5. The summed E-state index contributed by atoms with van der Waals surface area (Å²) in [5, 5.41) is 6.66. The van der Waals surface area contributed by atoms with E-state index in [4.69, 9.17) is 4.74 Å². The van der Waals surface area contributed by atoms with Crippen LogP contribution in [0.15, 0.2) is 4.99 Å². The fraction of sp³-hybridized carbons (Fsp3) is 0.944. The molecule has 28 heavy (non-hydrogen) atoms. The van der Waals surface area contributed by atoms with Gasteiger partial charge in [-0.1, -0.05) is 26.7 Å². The molecule has 1 saturated heterocycles. The van der Waals surface area contributed by atoms with Crippen molar-refractivity contribution < 1.29 is 13.2 Å². The summed E-state index contributed by atoms with van der Waals surface area (Å²) in [5.41, 5.74) is -0.607. The summed E-state index contributed by atoms with van der Waals surface area (Å²) in [4.78, 5) is 6.80. The van der Waals surface area contributed by atoms with Gasteiger partial charge in [0.25, 0.3) is 0 Å². The summed E-state index contributed by atoms with van der Waals surface area (Å²) in [6.07, 6.45) is 3.44. The van der Waals surface area contributed by atoms with Gasteiger partial charge in [-0.25, -0.2) is 13.1 Å². The number of nitrogens with one attached hydrogen (secondary N) is 3. The highest BCUT2D eigenvalue weighted by molar-refractivity contribution is 14.0. The van der Waals surface area contributed by atoms with Crippen LogP contribution in [-0.2, 0) is 14.8 Å². The normalized spacial score (nSPS) is 17.9. The molecule has 1 heterocycles. The molecule has 10 heteroatoms. The number of halogens is 1. The molecule has 3 N–H and O–H groups in total. The van der Waals surface area contributed by atoms with Crippen molar-refractivity contribution in [2.24, 2.45) is 10.9 Å². The van der Waals surface area contributed by atoms with Gasteiger partial charge in [-0.2, -0.15) is 0 Å². The first-order valence-corrected chi connectivity index (χ1v) is 11.8. The van der Waals surface area contributed by atoms with Crippen LogP contribution in [0.3, 0.4) is 0 Å². The van der Waals surface area contributed by atoms with Gasteiger partial charge in [0.15, 0.2) is 5.96 Å². The first-order chi connectivity index (χ1) is 12.6. The highest BCUT2D eigenvalue weighted by atomic mass is 127. The molecule has 0 bridgehead atoms. The summed E-state index contributed by atoms with van der Waals surface area (Å²) in [5.74, 6) is 1.29. The maximum Gasteiger partial charge on any atom is 0.209 e. The Labute approximate surface area is 188 Å². The van der Waals surface area contributed by atoms with Gasteiger partial charge in [0.1, 0.15) is 0 Å². The van der Waals surface area contributed by atoms with E-state index >= 15 is 0 Å². The lowest BCUT2D eigenvalue weighted by Crippen LogP contribution is -2.56.